The second kappa shape index (κ2) is 6.99. The molecule has 0 unspecified atom stereocenters. The number of pyridine rings is 1. The van der Waals surface area contributed by atoms with Gasteiger partial charge in [0.05, 0.1) is 7.11 Å². The van der Waals surface area contributed by atoms with E-state index in [1.54, 1.807) is 24.4 Å². The lowest BCUT2D eigenvalue weighted by molar-refractivity contribution is -0.111. The molecule has 0 atom stereocenters. The molecule has 1 amide bonds. The maximum atomic E-state index is 13.5. The highest BCUT2D eigenvalue weighted by molar-refractivity contribution is 9.10. The van der Waals surface area contributed by atoms with Crippen LogP contribution >= 0.6 is 15.9 Å². The molecule has 2 aromatic rings. The monoisotopic (exact) mass is 350 g/mol. The third kappa shape index (κ3) is 4.39. The van der Waals surface area contributed by atoms with Gasteiger partial charge >= 0.3 is 0 Å². The molecule has 1 aromatic carbocycles. The number of aromatic nitrogens is 1. The number of anilines is 1. The summed E-state index contributed by atoms with van der Waals surface area (Å²) < 4.78 is 19.1. The minimum absolute atomic E-state index is 0.163. The van der Waals surface area contributed by atoms with Crippen molar-refractivity contribution in [3.8, 4) is 5.75 Å². The topological polar surface area (TPSA) is 51.2 Å². The zero-order valence-corrected chi connectivity index (χ0v) is 12.7. The average molecular weight is 351 g/mol. The lowest BCUT2D eigenvalue weighted by Crippen LogP contribution is -2.08. The van der Waals surface area contributed by atoms with E-state index in [4.69, 9.17) is 4.74 Å². The molecule has 6 heteroatoms. The predicted octanol–water partition coefficient (Wildman–Crippen LogP) is 3.64. The Hall–Kier alpha value is -2.21. The Morgan fingerprint density at radius 2 is 2.19 bits per heavy atom. The van der Waals surface area contributed by atoms with Crippen molar-refractivity contribution in [1.29, 1.82) is 0 Å². The molecule has 108 valence electrons. The number of nitrogens with one attached hydrogen (secondary N) is 1. The minimum atomic E-state index is -0.477. The minimum Gasteiger partial charge on any atom is -0.494 e. The highest BCUT2D eigenvalue weighted by atomic mass is 79.9. The first kappa shape index (κ1) is 15.2. The van der Waals surface area contributed by atoms with Crippen molar-refractivity contribution in [2.75, 3.05) is 12.4 Å². The van der Waals surface area contributed by atoms with E-state index in [0.717, 1.165) is 4.47 Å². The van der Waals surface area contributed by atoms with Crippen LogP contribution in [0, 0.1) is 5.82 Å². The number of hydrogen-bond donors (Lipinski definition) is 1. The third-order valence-corrected chi connectivity index (χ3v) is 3.05. The van der Waals surface area contributed by atoms with E-state index in [2.05, 4.69) is 26.2 Å². The van der Waals surface area contributed by atoms with Crippen LogP contribution < -0.4 is 10.1 Å². The SMILES string of the molecule is COc1ccc(/C=C/C(=O)Nc2ccc(Br)cn2)cc1F. The molecule has 4 nitrogen and oxygen atoms in total. The standard InChI is InChI=1S/C15H12BrFN2O2/c1-21-13-5-2-10(8-12(13)17)3-7-15(20)19-14-6-4-11(16)9-18-14/h2-9H,1H3,(H,18,19,20)/b7-3+. The number of carbonyl (C=O) groups excluding carboxylic acids is 1. The zero-order valence-electron chi connectivity index (χ0n) is 11.1. The van der Waals surface area contributed by atoms with Gasteiger partial charge in [-0.2, -0.15) is 0 Å². The molecule has 0 aliphatic heterocycles. The molecule has 0 radical (unpaired) electrons. The molecule has 0 aliphatic rings. The highest BCUT2D eigenvalue weighted by Crippen LogP contribution is 2.18. The Morgan fingerprint density at radius 3 is 2.81 bits per heavy atom. The van der Waals surface area contributed by atoms with Gasteiger partial charge in [-0.1, -0.05) is 6.07 Å². The lowest BCUT2D eigenvalue weighted by atomic mass is 10.2. The Kier molecular flexibility index (Phi) is 5.05. The fraction of sp³-hybridized carbons (Fsp3) is 0.0667. The number of hydrogen-bond acceptors (Lipinski definition) is 3. The van der Waals surface area contributed by atoms with Crippen LogP contribution in [-0.2, 0) is 4.79 Å². The summed E-state index contributed by atoms with van der Waals surface area (Å²) in [6, 6.07) is 7.89. The van der Waals surface area contributed by atoms with Crippen LogP contribution in [0.25, 0.3) is 6.08 Å². The van der Waals surface area contributed by atoms with E-state index in [1.807, 2.05) is 0 Å². The van der Waals surface area contributed by atoms with Gasteiger partial charge in [-0.05, 0) is 51.8 Å². The normalized spacial score (nSPS) is 10.6. The van der Waals surface area contributed by atoms with Crippen molar-refractivity contribution in [1.82, 2.24) is 4.98 Å². The first-order chi connectivity index (χ1) is 10.1. The van der Waals surface area contributed by atoms with Gasteiger partial charge in [-0.3, -0.25) is 4.79 Å². The van der Waals surface area contributed by atoms with Crippen LogP contribution in [0.3, 0.4) is 0 Å². The van der Waals surface area contributed by atoms with Crippen LogP contribution in [0.1, 0.15) is 5.56 Å². The molecular formula is C15H12BrFN2O2. The summed E-state index contributed by atoms with van der Waals surface area (Å²) in [6.07, 6.45) is 4.40. The largest absolute Gasteiger partial charge is 0.494 e. The van der Waals surface area contributed by atoms with Crippen molar-refractivity contribution < 1.29 is 13.9 Å². The van der Waals surface area contributed by atoms with Gasteiger partial charge in [0.2, 0.25) is 5.91 Å². The Bertz CT molecular complexity index is 672. The number of ether oxygens (including phenoxy) is 1. The first-order valence-corrected chi connectivity index (χ1v) is 6.82. The van der Waals surface area contributed by atoms with Gasteiger partial charge in [0.25, 0.3) is 0 Å². The molecule has 1 heterocycles. The van der Waals surface area contributed by atoms with Gasteiger partial charge < -0.3 is 10.1 Å². The van der Waals surface area contributed by atoms with Crippen LogP contribution in [-0.4, -0.2) is 18.0 Å². The smallest absolute Gasteiger partial charge is 0.249 e. The molecule has 21 heavy (non-hydrogen) atoms. The van der Waals surface area contributed by atoms with Crippen LogP contribution in [0.15, 0.2) is 47.1 Å². The molecule has 0 fully saturated rings. The van der Waals surface area contributed by atoms with E-state index < -0.39 is 5.82 Å². The van der Waals surface area contributed by atoms with Crippen LogP contribution in [0.4, 0.5) is 10.2 Å². The van der Waals surface area contributed by atoms with Gasteiger partial charge in [0.1, 0.15) is 5.82 Å². The molecule has 1 aromatic heterocycles. The van der Waals surface area contributed by atoms with Crippen molar-refractivity contribution in [3.63, 3.8) is 0 Å². The van der Waals surface area contributed by atoms with Crippen molar-refractivity contribution in [2.45, 2.75) is 0 Å². The summed E-state index contributed by atoms with van der Waals surface area (Å²) in [5.41, 5.74) is 0.562. The summed E-state index contributed by atoms with van der Waals surface area (Å²) in [6.45, 7) is 0. The Morgan fingerprint density at radius 1 is 1.38 bits per heavy atom. The summed E-state index contributed by atoms with van der Waals surface area (Å²) in [5.74, 6) is -0.222. The van der Waals surface area contributed by atoms with Gasteiger partial charge in [-0.15, -0.1) is 0 Å². The summed E-state index contributed by atoms with van der Waals surface area (Å²) in [5, 5.41) is 2.60. The fourth-order valence-corrected chi connectivity index (χ4v) is 1.81. The summed E-state index contributed by atoms with van der Waals surface area (Å²) >= 11 is 3.26. The van der Waals surface area contributed by atoms with Crippen molar-refractivity contribution in [3.05, 3.63) is 58.5 Å². The molecule has 0 spiro atoms. The van der Waals surface area contributed by atoms with Gasteiger partial charge in [-0.25, -0.2) is 9.37 Å². The molecule has 0 saturated heterocycles. The fourth-order valence-electron chi connectivity index (χ4n) is 1.58. The number of rotatable bonds is 4. The number of methoxy groups -OCH3 is 1. The number of amides is 1. The number of halogens is 2. The predicted molar refractivity (Wildman–Crippen MR) is 82.6 cm³/mol. The number of carbonyl (C=O) groups is 1. The number of benzene rings is 1. The van der Waals surface area contributed by atoms with E-state index in [0.29, 0.717) is 11.4 Å². The van der Waals surface area contributed by atoms with Crippen LogP contribution in [0.2, 0.25) is 0 Å². The maximum Gasteiger partial charge on any atom is 0.249 e. The van der Waals surface area contributed by atoms with Crippen molar-refractivity contribution >= 4 is 33.7 Å². The maximum absolute atomic E-state index is 13.5. The van der Waals surface area contributed by atoms with E-state index in [9.17, 15) is 9.18 Å². The Balaban J connectivity index is 2.01. The molecule has 2 rings (SSSR count). The first-order valence-electron chi connectivity index (χ1n) is 6.02. The second-order valence-electron chi connectivity index (χ2n) is 4.08. The zero-order chi connectivity index (χ0) is 15.2. The second-order valence-corrected chi connectivity index (χ2v) is 4.99. The molecule has 0 saturated carbocycles. The van der Waals surface area contributed by atoms with Crippen molar-refractivity contribution in [2.24, 2.45) is 0 Å². The average Bonchev–Trinajstić information content (AvgIpc) is 2.48. The quantitative estimate of drug-likeness (QED) is 0.856. The Labute approximate surface area is 129 Å². The highest BCUT2D eigenvalue weighted by Gasteiger charge is 2.02. The summed E-state index contributed by atoms with van der Waals surface area (Å²) in [4.78, 5) is 15.7. The molecular weight excluding hydrogens is 339 g/mol. The molecule has 1 N–H and O–H groups in total. The summed E-state index contributed by atoms with van der Waals surface area (Å²) in [7, 11) is 1.40. The van der Waals surface area contributed by atoms with E-state index in [1.165, 1.54) is 31.4 Å². The molecule has 0 aliphatic carbocycles. The van der Waals surface area contributed by atoms with E-state index >= 15 is 0 Å². The third-order valence-electron chi connectivity index (χ3n) is 2.58. The number of nitrogens with zero attached hydrogens (tertiary/aromatic N) is 1. The van der Waals surface area contributed by atoms with Gasteiger partial charge in [0, 0.05) is 16.7 Å². The van der Waals surface area contributed by atoms with E-state index in [-0.39, 0.29) is 11.7 Å². The molecule has 0 bridgehead atoms. The van der Waals surface area contributed by atoms with Crippen LogP contribution in [0.5, 0.6) is 5.75 Å². The van der Waals surface area contributed by atoms with Gasteiger partial charge in [0.15, 0.2) is 11.6 Å². The lowest BCUT2D eigenvalue weighted by Gasteiger charge is -2.02.